The number of benzene rings is 8. The lowest BCUT2D eigenvalue weighted by Crippen LogP contribution is -2.16. The average Bonchev–Trinajstić information content (AvgIpc) is 3.92. The fourth-order valence-electron chi connectivity index (χ4n) is 9.50. The van der Waals surface area contributed by atoms with Crippen LogP contribution in [0, 0.1) is 0 Å². The summed E-state index contributed by atoms with van der Waals surface area (Å²) in [4.78, 5) is 15.0. The molecule has 8 aromatic carbocycles. The second-order valence-corrected chi connectivity index (χ2v) is 17.0. The van der Waals surface area contributed by atoms with Crippen LogP contribution in [0.4, 0.5) is 0 Å². The van der Waals surface area contributed by atoms with E-state index in [4.69, 9.17) is 15.0 Å². The van der Waals surface area contributed by atoms with Crippen LogP contribution in [0.25, 0.3) is 104 Å². The summed E-state index contributed by atoms with van der Waals surface area (Å²) in [6.07, 6.45) is 0. The van der Waals surface area contributed by atoms with Crippen LogP contribution < -0.4 is 0 Å². The molecule has 0 bridgehead atoms. The summed E-state index contributed by atoms with van der Waals surface area (Å²) in [5.74, 6) is 1.96. The minimum atomic E-state index is -0.145. The monoisotopic (exact) mass is 772 g/mol. The van der Waals surface area contributed by atoms with E-state index in [1.54, 1.807) is 0 Å². The molecule has 12 rings (SSSR count). The Labute approximate surface area is 345 Å². The standard InChI is InChI=1S/C54H36N4S/c1-54(2)45-25-11-9-21-39(45)41-28-29-42-40-22-10-12-26-46(40)58(49(42)48(41)54)37-27-30-47-44(32-37)43-24-14-23-38(50(43)59-47)35-19-13-20-36(31-35)53-56-51(33-15-5-3-6-16-33)55-52(57-53)34-17-7-4-8-18-34/h3-32H,1-2H3. The first kappa shape index (κ1) is 33.9. The van der Waals surface area contributed by atoms with Crippen LogP contribution in [0.2, 0.25) is 0 Å². The van der Waals surface area contributed by atoms with Gasteiger partial charge in [0.1, 0.15) is 0 Å². The Balaban J connectivity index is 1.02. The lowest BCUT2D eigenvalue weighted by Gasteiger charge is -2.23. The predicted octanol–water partition coefficient (Wildman–Crippen LogP) is 14.3. The molecule has 0 saturated heterocycles. The topological polar surface area (TPSA) is 43.6 Å². The number of hydrogen-bond acceptors (Lipinski definition) is 4. The molecule has 0 radical (unpaired) electrons. The summed E-state index contributed by atoms with van der Waals surface area (Å²) in [5, 5.41) is 5.09. The molecule has 278 valence electrons. The second-order valence-electron chi connectivity index (χ2n) is 16.0. The van der Waals surface area contributed by atoms with Crippen molar-refractivity contribution in [1.29, 1.82) is 0 Å². The molecule has 59 heavy (non-hydrogen) atoms. The molecule has 3 heterocycles. The lowest BCUT2D eigenvalue weighted by molar-refractivity contribution is 0.664. The fourth-order valence-corrected chi connectivity index (χ4v) is 10.7. The Morgan fingerprint density at radius 3 is 1.83 bits per heavy atom. The summed E-state index contributed by atoms with van der Waals surface area (Å²) >= 11 is 1.86. The van der Waals surface area contributed by atoms with Gasteiger partial charge in [-0.2, -0.15) is 0 Å². The zero-order valence-electron chi connectivity index (χ0n) is 32.5. The average molecular weight is 773 g/mol. The maximum Gasteiger partial charge on any atom is 0.164 e. The number of thiophene rings is 1. The summed E-state index contributed by atoms with van der Waals surface area (Å²) in [6.45, 7) is 4.77. The zero-order valence-corrected chi connectivity index (χ0v) is 33.3. The van der Waals surface area contributed by atoms with Gasteiger partial charge in [-0.05, 0) is 63.7 Å². The van der Waals surface area contributed by atoms with Crippen molar-refractivity contribution in [2.45, 2.75) is 19.3 Å². The number of aromatic nitrogens is 4. The molecule has 0 aliphatic heterocycles. The molecular weight excluding hydrogens is 737 g/mol. The van der Waals surface area contributed by atoms with E-state index in [-0.39, 0.29) is 5.41 Å². The highest BCUT2D eigenvalue weighted by Crippen LogP contribution is 2.53. The van der Waals surface area contributed by atoms with Gasteiger partial charge in [-0.15, -0.1) is 11.3 Å². The van der Waals surface area contributed by atoms with Crippen molar-refractivity contribution in [2.75, 3.05) is 0 Å². The van der Waals surface area contributed by atoms with E-state index in [2.05, 4.69) is 140 Å². The van der Waals surface area contributed by atoms with Crippen molar-refractivity contribution < 1.29 is 0 Å². The van der Waals surface area contributed by atoms with Crippen LogP contribution in [0.15, 0.2) is 182 Å². The van der Waals surface area contributed by atoms with Crippen molar-refractivity contribution in [1.82, 2.24) is 19.5 Å². The molecule has 11 aromatic rings. The molecule has 0 saturated carbocycles. The minimum Gasteiger partial charge on any atom is -0.309 e. The largest absolute Gasteiger partial charge is 0.309 e. The van der Waals surface area contributed by atoms with Crippen LogP contribution in [-0.2, 0) is 5.41 Å². The van der Waals surface area contributed by atoms with Gasteiger partial charge in [0, 0.05) is 58.7 Å². The first-order valence-electron chi connectivity index (χ1n) is 20.1. The van der Waals surface area contributed by atoms with E-state index < -0.39 is 0 Å². The summed E-state index contributed by atoms with van der Waals surface area (Å²) in [6, 6.07) is 65.2. The SMILES string of the molecule is CC1(C)c2ccccc2-c2ccc3c4ccccc4n(-c4ccc5sc6c(-c7cccc(-c8nc(-c9ccccc9)nc(-c9ccccc9)n8)c7)cccc6c5c4)c3c21. The molecule has 0 spiro atoms. The Morgan fingerprint density at radius 2 is 1.05 bits per heavy atom. The molecule has 5 heteroatoms. The fraction of sp³-hybridized carbons (Fsp3) is 0.0556. The van der Waals surface area contributed by atoms with Crippen LogP contribution >= 0.6 is 11.3 Å². The maximum atomic E-state index is 5.03. The Morgan fingerprint density at radius 1 is 0.441 bits per heavy atom. The molecule has 1 aliphatic carbocycles. The predicted molar refractivity (Wildman–Crippen MR) is 246 cm³/mol. The van der Waals surface area contributed by atoms with Gasteiger partial charge in [0.25, 0.3) is 0 Å². The van der Waals surface area contributed by atoms with Crippen molar-refractivity contribution in [3.8, 4) is 62.1 Å². The van der Waals surface area contributed by atoms with Crippen molar-refractivity contribution in [3.63, 3.8) is 0 Å². The highest BCUT2D eigenvalue weighted by atomic mass is 32.1. The molecule has 0 amide bonds. The van der Waals surface area contributed by atoms with Gasteiger partial charge < -0.3 is 4.57 Å². The first-order valence-corrected chi connectivity index (χ1v) is 20.9. The van der Waals surface area contributed by atoms with E-state index in [1.165, 1.54) is 75.5 Å². The Kier molecular flexibility index (Phi) is 7.41. The van der Waals surface area contributed by atoms with Crippen molar-refractivity contribution in [3.05, 3.63) is 193 Å². The highest BCUT2D eigenvalue weighted by molar-refractivity contribution is 7.26. The number of fused-ring (bicyclic) bond motifs is 10. The normalized spacial score (nSPS) is 13.1. The maximum absolute atomic E-state index is 5.03. The number of hydrogen-bond donors (Lipinski definition) is 0. The molecular formula is C54H36N4S. The molecule has 0 atom stereocenters. The molecule has 1 aliphatic rings. The van der Waals surface area contributed by atoms with E-state index >= 15 is 0 Å². The van der Waals surface area contributed by atoms with Gasteiger partial charge >= 0.3 is 0 Å². The van der Waals surface area contributed by atoms with Gasteiger partial charge in [0.05, 0.1) is 11.0 Å². The van der Waals surface area contributed by atoms with Crippen LogP contribution in [0.5, 0.6) is 0 Å². The third-order valence-electron chi connectivity index (χ3n) is 12.2. The molecule has 0 N–H and O–H groups in total. The summed E-state index contributed by atoms with van der Waals surface area (Å²) < 4.78 is 5.06. The third-order valence-corrected chi connectivity index (χ3v) is 13.4. The van der Waals surface area contributed by atoms with Gasteiger partial charge in [-0.3, -0.25) is 0 Å². The second kappa shape index (κ2) is 12.9. The molecule has 0 unspecified atom stereocenters. The third kappa shape index (κ3) is 5.18. The quantitative estimate of drug-likeness (QED) is 0.175. The van der Waals surface area contributed by atoms with Gasteiger partial charge in [-0.25, -0.2) is 15.0 Å². The van der Waals surface area contributed by atoms with Crippen LogP contribution in [-0.4, -0.2) is 19.5 Å². The minimum absolute atomic E-state index is 0.145. The lowest BCUT2D eigenvalue weighted by atomic mass is 9.81. The highest BCUT2D eigenvalue weighted by Gasteiger charge is 2.38. The Hall–Kier alpha value is -7.21. The van der Waals surface area contributed by atoms with E-state index in [0.29, 0.717) is 17.5 Å². The smallest absolute Gasteiger partial charge is 0.164 e. The Bertz CT molecular complexity index is 3410. The van der Waals surface area contributed by atoms with Crippen LogP contribution in [0.3, 0.4) is 0 Å². The first-order chi connectivity index (χ1) is 29.0. The van der Waals surface area contributed by atoms with Crippen molar-refractivity contribution in [2.24, 2.45) is 0 Å². The van der Waals surface area contributed by atoms with E-state index in [9.17, 15) is 0 Å². The molecule has 3 aromatic heterocycles. The van der Waals surface area contributed by atoms with Crippen LogP contribution in [0.1, 0.15) is 25.0 Å². The molecule has 0 fully saturated rings. The van der Waals surface area contributed by atoms with E-state index in [0.717, 1.165) is 22.3 Å². The number of nitrogens with zero attached hydrogens (tertiary/aromatic N) is 4. The summed E-state index contributed by atoms with van der Waals surface area (Å²) in [5.41, 5.74) is 14.2. The van der Waals surface area contributed by atoms with Crippen molar-refractivity contribution >= 4 is 53.3 Å². The van der Waals surface area contributed by atoms with Gasteiger partial charge in [0.15, 0.2) is 17.5 Å². The number of para-hydroxylation sites is 1. The zero-order chi connectivity index (χ0) is 39.2. The molecule has 4 nitrogen and oxygen atoms in total. The van der Waals surface area contributed by atoms with E-state index in [1.807, 2.05) is 72.0 Å². The van der Waals surface area contributed by atoms with Gasteiger partial charge in [0.2, 0.25) is 0 Å². The summed E-state index contributed by atoms with van der Waals surface area (Å²) in [7, 11) is 0. The number of rotatable bonds is 5. The van der Waals surface area contributed by atoms with Gasteiger partial charge in [-0.1, -0.05) is 166 Å².